The second kappa shape index (κ2) is 5.69. The van der Waals surface area contributed by atoms with Crippen LogP contribution < -0.4 is 4.74 Å². The molecule has 0 aliphatic carbocycles. The highest BCUT2D eigenvalue weighted by Crippen LogP contribution is 2.28. The molecule has 0 amide bonds. The number of benzene rings is 2. The first kappa shape index (κ1) is 13.3. The first-order valence-corrected chi connectivity index (χ1v) is 5.79. The van der Waals surface area contributed by atoms with Crippen LogP contribution in [0.2, 0.25) is 5.02 Å². The zero-order chi connectivity index (χ0) is 13.8. The van der Waals surface area contributed by atoms with Gasteiger partial charge in [0.15, 0.2) is 0 Å². The summed E-state index contributed by atoms with van der Waals surface area (Å²) >= 11 is 5.75. The van der Waals surface area contributed by atoms with E-state index >= 15 is 0 Å². The van der Waals surface area contributed by atoms with Gasteiger partial charge in [-0.25, -0.2) is 0 Å². The van der Waals surface area contributed by atoms with Crippen molar-refractivity contribution in [3.05, 3.63) is 63.2 Å². The molecule has 0 aliphatic heterocycles. The van der Waals surface area contributed by atoms with Crippen molar-refractivity contribution in [1.82, 2.24) is 0 Å². The average molecular weight is 280 g/mol. The van der Waals surface area contributed by atoms with Gasteiger partial charge in [-0.05, 0) is 36.4 Å². The molecule has 0 heterocycles. The van der Waals surface area contributed by atoms with Crippen molar-refractivity contribution in [2.75, 3.05) is 0 Å². The van der Waals surface area contributed by atoms with E-state index in [9.17, 15) is 10.1 Å². The van der Waals surface area contributed by atoms with E-state index in [0.717, 1.165) is 0 Å². The minimum absolute atomic E-state index is 0.133. The normalized spacial score (nSPS) is 10.2. The summed E-state index contributed by atoms with van der Waals surface area (Å²) in [7, 11) is 0. The van der Waals surface area contributed by atoms with Gasteiger partial charge in [-0.15, -0.1) is 0 Å². The minimum atomic E-state index is -0.544. The smallest absolute Gasteiger partial charge is 0.275 e. The molecular formula is C13H10ClNO4. The Morgan fingerprint density at radius 2 is 1.79 bits per heavy atom. The summed E-state index contributed by atoms with van der Waals surface area (Å²) in [5.74, 6) is 0.971. The van der Waals surface area contributed by atoms with Crippen molar-refractivity contribution in [3.63, 3.8) is 0 Å². The molecule has 5 nitrogen and oxygen atoms in total. The number of halogens is 1. The van der Waals surface area contributed by atoms with E-state index in [1.807, 2.05) is 0 Å². The summed E-state index contributed by atoms with van der Waals surface area (Å²) in [6, 6.07) is 10.9. The van der Waals surface area contributed by atoms with Gasteiger partial charge < -0.3 is 9.84 Å². The van der Waals surface area contributed by atoms with Gasteiger partial charge in [0.1, 0.15) is 11.5 Å². The first-order chi connectivity index (χ1) is 9.10. The molecule has 0 saturated heterocycles. The number of nitro benzene ring substituents is 1. The quantitative estimate of drug-likeness (QED) is 0.686. The molecule has 0 bridgehead atoms. The van der Waals surface area contributed by atoms with Gasteiger partial charge in [-0.2, -0.15) is 0 Å². The van der Waals surface area contributed by atoms with Gasteiger partial charge in [0.2, 0.25) is 0 Å². The van der Waals surface area contributed by atoms with Crippen LogP contribution in [0.1, 0.15) is 5.56 Å². The van der Waals surface area contributed by atoms with Crippen LogP contribution in [0, 0.1) is 10.1 Å². The lowest BCUT2D eigenvalue weighted by molar-refractivity contribution is -0.385. The molecule has 1 N–H and O–H groups in total. The summed E-state index contributed by atoms with van der Waals surface area (Å²) < 4.78 is 5.52. The third-order valence-corrected chi connectivity index (χ3v) is 2.72. The Morgan fingerprint density at radius 3 is 2.37 bits per heavy atom. The van der Waals surface area contributed by atoms with Crippen molar-refractivity contribution in [2.45, 2.75) is 6.61 Å². The van der Waals surface area contributed by atoms with Gasteiger partial charge in [-0.1, -0.05) is 11.6 Å². The molecule has 6 heteroatoms. The van der Waals surface area contributed by atoms with Crippen LogP contribution in [0.25, 0.3) is 0 Å². The Balaban J connectivity index is 2.26. The van der Waals surface area contributed by atoms with E-state index in [1.54, 1.807) is 24.3 Å². The monoisotopic (exact) mass is 279 g/mol. The Bertz CT molecular complexity index is 598. The van der Waals surface area contributed by atoms with Gasteiger partial charge in [-0.3, -0.25) is 10.1 Å². The molecule has 0 aliphatic rings. The van der Waals surface area contributed by atoms with Crippen LogP contribution in [-0.4, -0.2) is 10.0 Å². The van der Waals surface area contributed by atoms with E-state index in [-0.39, 0.29) is 11.3 Å². The maximum absolute atomic E-state index is 10.7. The van der Waals surface area contributed by atoms with Crippen molar-refractivity contribution in [1.29, 1.82) is 0 Å². The fraction of sp³-hybridized carbons (Fsp3) is 0.0769. The molecule has 2 aromatic rings. The third-order valence-electron chi connectivity index (χ3n) is 2.47. The second-order valence-corrected chi connectivity index (χ2v) is 4.20. The average Bonchev–Trinajstić information content (AvgIpc) is 2.41. The molecule has 19 heavy (non-hydrogen) atoms. The Kier molecular flexibility index (Phi) is 3.99. The molecule has 2 aromatic carbocycles. The summed E-state index contributed by atoms with van der Waals surface area (Å²) in [6.45, 7) is -0.422. The molecule has 0 atom stereocenters. The zero-order valence-corrected chi connectivity index (χ0v) is 10.5. The van der Waals surface area contributed by atoms with Gasteiger partial charge in [0.05, 0.1) is 17.1 Å². The molecule has 2 rings (SSSR count). The van der Waals surface area contributed by atoms with Crippen LogP contribution in [0.3, 0.4) is 0 Å². The van der Waals surface area contributed by atoms with Gasteiger partial charge in [0.25, 0.3) is 5.69 Å². The van der Waals surface area contributed by atoms with Crippen LogP contribution in [0.15, 0.2) is 42.5 Å². The maximum atomic E-state index is 10.7. The Morgan fingerprint density at radius 1 is 1.16 bits per heavy atom. The molecule has 0 unspecified atom stereocenters. The van der Waals surface area contributed by atoms with Crippen LogP contribution in [0.4, 0.5) is 5.69 Å². The topological polar surface area (TPSA) is 72.6 Å². The molecule has 0 saturated carbocycles. The van der Waals surface area contributed by atoms with Crippen molar-refractivity contribution < 1.29 is 14.8 Å². The molecule has 0 spiro atoms. The number of hydrogen-bond donors (Lipinski definition) is 1. The number of aliphatic hydroxyl groups is 1. The molecule has 0 fully saturated rings. The number of nitro groups is 1. The predicted molar refractivity (Wildman–Crippen MR) is 70.5 cm³/mol. The predicted octanol–water partition coefficient (Wildman–Crippen LogP) is 3.53. The fourth-order valence-corrected chi connectivity index (χ4v) is 1.69. The minimum Gasteiger partial charge on any atom is -0.457 e. The molecule has 98 valence electrons. The van der Waals surface area contributed by atoms with Crippen LogP contribution >= 0.6 is 11.6 Å². The molecule has 0 radical (unpaired) electrons. The van der Waals surface area contributed by atoms with Crippen molar-refractivity contribution >= 4 is 17.3 Å². The highest BCUT2D eigenvalue weighted by atomic mass is 35.5. The summed E-state index contributed by atoms with van der Waals surface area (Å²) in [6.07, 6.45) is 0. The van der Waals surface area contributed by atoms with E-state index in [2.05, 4.69) is 0 Å². The van der Waals surface area contributed by atoms with Gasteiger partial charge >= 0.3 is 0 Å². The second-order valence-electron chi connectivity index (χ2n) is 3.76. The number of rotatable bonds is 4. The third kappa shape index (κ3) is 3.21. The fourth-order valence-electron chi connectivity index (χ4n) is 1.57. The summed E-state index contributed by atoms with van der Waals surface area (Å²) in [4.78, 5) is 10.2. The van der Waals surface area contributed by atoms with Crippen LogP contribution in [0.5, 0.6) is 11.5 Å². The van der Waals surface area contributed by atoms with Gasteiger partial charge in [0, 0.05) is 11.1 Å². The zero-order valence-electron chi connectivity index (χ0n) is 9.75. The lowest BCUT2D eigenvalue weighted by atomic mass is 10.2. The number of nitrogens with zero attached hydrogens (tertiary/aromatic N) is 1. The number of ether oxygens (including phenoxy) is 1. The largest absolute Gasteiger partial charge is 0.457 e. The first-order valence-electron chi connectivity index (χ1n) is 5.42. The van der Waals surface area contributed by atoms with E-state index < -0.39 is 11.5 Å². The van der Waals surface area contributed by atoms with Crippen molar-refractivity contribution in [3.8, 4) is 11.5 Å². The highest BCUT2D eigenvalue weighted by Gasteiger charge is 2.13. The standard InChI is InChI=1S/C13H10ClNO4/c14-10-1-3-11(4-2-10)19-12-5-6-13(15(17)18)9(7-12)8-16/h1-7,16H,8H2. The highest BCUT2D eigenvalue weighted by molar-refractivity contribution is 6.30. The summed E-state index contributed by atoms with van der Waals surface area (Å²) in [5.41, 5.74) is 0.0717. The van der Waals surface area contributed by atoms with E-state index in [4.69, 9.17) is 21.4 Å². The molecular weight excluding hydrogens is 270 g/mol. The SMILES string of the molecule is O=[N+]([O-])c1ccc(Oc2ccc(Cl)cc2)cc1CO. The molecule has 0 aromatic heterocycles. The van der Waals surface area contributed by atoms with E-state index in [0.29, 0.717) is 16.5 Å². The maximum Gasteiger partial charge on any atom is 0.275 e. The number of hydrogen-bond acceptors (Lipinski definition) is 4. The Labute approximate surface area is 114 Å². The van der Waals surface area contributed by atoms with E-state index in [1.165, 1.54) is 18.2 Å². The van der Waals surface area contributed by atoms with Crippen LogP contribution in [-0.2, 0) is 6.61 Å². The lowest BCUT2D eigenvalue weighted by Gasteiger charge is -2.07. The summed E-state index contributed by atoms with van der Waals surface area (Å²) in [5, 5.41) is 20.4. The van der Waals surface area contributed by atoms with Crippen molar-refractivity contribution in [2.24, 2.45) is 0 Å². The number of aliphatic hydroxyl groups excluding tert-OH is 1. The lowest BCUT2D eigenvalue weighted by Crippen LogP contribution is -1.96. The Hall–Kier alpha value is -2.11.